The van der Waals surface area contributed by atoms with Crippen molar-refractivity contribution in [1.29, 1.82) is 0 Å². The fourth-order valence-corrected chi connectivity index (χ4v) is 2.85. The van der Waals surface area contributed by atoms with Crippen LogP contribution in [0.3, 0.4) is 0 Å². The van der Waals surface area contributed by atoms with Gasteiger partial charge in [-0.1, -0.05) is 53.6 Å². The van der Waals surface area contributed by atoms with E-state index in [9.17, 15) is 14.4 Å². The first-order chi connectivity index (χ1) is 12.0. The van der Waals surface area contributed by atoms with E-state index in [1.165, 1.54) is 22.3 Å². The highest BCUT2D eigenvalue weighted by Gasteiger charge is 2.40. The summed E-state index contributed by atoms with van der Waals surface area (Å²) in [5, 5.41) is 16.8. The van der Waals surface area contributed by atoms with Gasteiger partial charge in [0.05, 0.1) is 6.42 Å². The van der Waals surface area contributed by atoms with Gasteiger partial charge in [0, 0.05) is 0 Å². The van der Waals surface area contributed by atoms with Gasteiger partial charge in [0.25, 0.3) is 11.8 Å². The number of carboxylic acid groups (broad SMARTS) is 1. The van der Waals surface area contributed by atoms with E-state index in [2.05, 4.69) is 53.4 Å². The van der Waals surface area contributed by atoms with Crippen LogP contribution in [0.5, 0.6) is 0 Å². The number of carbonyl (C=O) groups excluding carboxylic acids is 2. The number of imide groups is 1. The van der Waals surface area contributed by atoms with Gasteiger partial charge < -0.3 is 10.2 Å². The fourth-order valence-electron chi connectivity index (χ4n) is 2.85. The minimum Gasteiger partial charge on any atom is -0.448 e. The molecule has 2 amide bonds. The molecule has 1 fully saturated rings. The van der Waals surface area contributed by atoms with E-state index in [1.54, 1.807) is 0 Å². The number of rotatable bonds is 1. The summed E-state index contributed by atoms with van der Waals surface area (Å²) in [6.45, 7) is 0. The molecular weight excluding hydrogens is 326 g/mol. The van der Waals surface area contributed by atoms with Gasteiger partial charge in [-0.25, -0.2) is 4.79 Å². The number of amides is 2. The summed E-state index contributed by atoms with van der Waals surface area (Å²) in [5.41, 5.74) is 5.75. The highest BCUT2D eigenvalue weighted by molar-refractivity contribution is 6.04. The highest BCUT2D eigenvalue weighted by Crippen LogP contribution is 2.35. The van der Waals surface area contributed by atoms with Crippen molar-refractivity contribution < 1.29 is 29.4 Å². The molecule has 1 aliphatic heterocycles. The number of nitrogens with zero attached hydrogens (tertiary/aromatic N) is 1. The molecule has 1 heterocycles. The molecule has 1 atom stereocenters. The van der Waals surface area contributed by atoms with Crippen molar-refractivity contribution in [3.63, 3.8) is 0 Å². The maximum Gasteiger partial charge on any atom is 0.531 e. The molecule has 1 saturated heterocycles. The Balaban J connectivity index is 0.000000147. The van der Waals surface area contributed by atoms with E-state index in [0.717, 1.165) is 6.42 Å². The lowest BCUT2D eigenvalue weighted by atomic mass is 10.1. The molecule has 1 aliphatic carbocycles. The molecule has 4 rings (SSSR count). The monoisotopic (exact) mass is 341 g/mol. The summed E-state index contributed by atoms with van der Waals surface area (Å²) in [6.07, 6.45) is -2.60. The van der Waals surface area contributed by atoms with Gasteiger partial charge in [0.15, 0.2) is 0 Å². The van der Waals surface area contributed by atoms with Crippen LogP contribution in [-0.2, 0) is 20.8 Å². The molecule has 25 heavy (non-hydrogen) atoms. The van der Waals surface area contributed by atoms with Crippen molar-refractivity contribution in [3.05, 3.63) is 59.7 Å². The lowest BCUT2D eigenvalue weighted by Gasteiger charge is -2.08. The molecule has 2 aromatic carbocycles. The second kappa shape index (κ2) is 6.74. The molecule has 2 aromatic rings. The quantitative estimate of drug-likeness (QED) is 0.656. The van der Waals surface area contributed by atoms with Gasteiger partial charge in [0.2, 0.25) is 0 Å². The molecule has 2 aliphatic rings. The normalized spacial score (nSPS) is 17.5. The number of fused-ring (bicyclic) bond motifs is 3. The average molecular weight is 341 g/mol. The second-order valence-corrected chi connectivity index (χ2v) is 5.59. The van der Waals surface area contributed by atoms with Crippen LogP contribution >= 0.6 is 0 Å². The van der Waals surface area contributed by atoms with Crippen molar-refractivity contribution in [2.24, 2.45) is 0 Å². The largest absolute Gasteiger partial charge is 0.531 e. The summed E-state index contributed by atoms with van der Waals surface area (Å²) in [4.78, 5) is 35.1. The zero-order valence-electron chi connectivity index (χ0n) is 13.1. The van der Waals surface area contributed by atoms with E-state index >= 15 is 0 Å². The maximum atomic E-state index is 10.7. The zero-order chi connectivity index (χ0) is 18.0. The maximum absolute atomic E-state index is 10.7. The average Bonchev–Trinajstić information content (AvgIpc) is 3.08. The van der Waals surface area contributed by atoms with Crippen LogP contribution in [0.15, 0.2) is 48.5 Å². The minimum atomic E-state index is -1.77. The fraction of sp³-hybridized carbons (Fsp3) is 0.167. The van der Waals surface area contributed by atoms with Gasteiger partial charge in [0.1, 0.15) is 6.10 Å². The number of benzene rings is 2. The summed E-state index contributed by atoms with van der Waals surface area (Å²) in [5.74, 6) is -1.92. The number of hydroxylamine groups is 2. The third-order valence-electron chi connectivity index (χ3n) is 3.95. The molecule has 0 radical (unpaired) electrons. The topological polar surface area (TPSA) is 104 Å². The Morgan fingerprint density at radius 2 is 1.52 bits per heavy atom. The Morgan fingerprint density at radius 3 is 1.96 bits per heavy atom. The summed E-state index contributed by atoms with van der Waals surface area (Å²) in [7, 11) is 0. The van der Waals surface area contributed by atoms with Crippen LogP contribution in [0, 0.1) is 0 Å². The first-order valence-electron chi connectivity index (χ1n) is 7.59. The molecular formula is C18H15NO6. The van der Waals surface area contributed by atoms with E-state index in [-0.39, 0.29) is 5.06 Å². The summed E-state index contributed by atoms with van der Waals surface area (Å²) >= 11 is 0. The predicted octanol–water partition coefficient (Wildman–Crippen LogP) is 1.97. The minimum absolute atomic E-state index is 0.0347. The van der Waals surface area contributed by atoms with Crippen molar-refractivity contribution in [1.82, 2.24) is 5.06 Å². The van der Waals surface area contributed by atoms with Crippen molar-refractivity contribution in [2.45, 2.75) is 18.9 Å². The molecule has 0 bridgehead atoms. The Kier molecular flexibility index (Phi) is 4.49. The van der Waals surface area contributed by atoms with Gasteiger partial charge in [-0.15, -0.1) is 0 Å². The van der Waals surface area contributed by atoms with Crippen molar-refractivity contribution in [3.8, 4) is 11.1 Å². The molecule has 0 spiro atoms. The van der Waals surface area contributed by atoms with Crippen LogP contribution < -0.4 is 0 Å². The van der Waals surface area contributed by atoms with Gasteiger partial charge in [-0.05, 0) is 28.7 Å². The number of carbonyl (C=O) groups is 3. The zero-order valence-corrected chi connectivity index (χ0v) is 13.1. The Hall–Kier alpha value is -3.19. The third-order valence-corrected chi connectivity index (χ3v) is 3.95. The first kappa shape index (κ1) is 16.7. The molecule has 7 heteroatoms. The lowest BCUT2D eigenvalue weighted by molar-refractivity contribution is -0.177. The van der Waals surface area contributed by atoms with Crippen LogP contribution in [0.1, 0.15) is 17.5 Å². The number of hydrogen-bond donors (Lipinski definition) is 2. The smallest absolute Gasteiger partial charge is 0.448 e. The van der Waals surface area contributed by atoms with E-state index in [4.69, 9.17) is 10.2 Å². The SMILES string of the molecule is O=C(O)ON1C(=O)CC(O)C1=O.c1ccc2c(c1)Cc1ccccc1-2. The van der Waals surface area contributed by atoms with Gasteiger partial charge in [-0.3, -0.25) is 14.4 Å². The predicted molar refractivity (Wildman–Crippen MR) is 86.3 cm³/mol. The lowest BCUT2D eigenvalue weighted by Crippen LogP contribution is -2.33. The number of hydrogen-bond acceptors (Lipinski definition) is 5. The second-order valence-electron chi connectivity index (χ2n) is 5.59. The first-order valence-corrected chi connectivity index (χ1v) is 7.59. The van der Waals surface area contributed by atoms with Crippen LogP contribution in [0.4, 0.5) is 4.79 Å². The molecule has 0 aromatic heterocycles. The Morgan fingerprint density at radius 1 is 1.00 bits per heavy atom. The van der Waals surface area contributed by atoms with Crippen LogP contribution in [0.2, 0.25) is 0 Å². The van der Waals surface area contributed by atoms with Gasteiger partial charge in [-0.2, -0.15) is 0 Å². The van der Waals surface area contributed by atoms with Crippen molar-refractivity contribution in [2.75, 3.05) is 0 Å². The van der Waals surface area contributed by atoms with E-state index in [1.807, 2.05) is 0 Å². The van der Waals surface area contributed by atoms with E-state index < -0.39 is 30.5 Å². The highest BCUT2D eigenvalue weighted by atomic mass is 16.8. The van der Waals surface area contributed by atoms with Crippen LogP contribution in [-0.4, -0.2) is 39.3 Å². The molecule has 7 nitrogen and oxygen atoms in total. The standard InChI is InChI=1S/C13H10.C5H5NO6/c1-3-7-12-10(5-1)9-11-6-2-4-8-13(11)12;7-2-1-3(8)6(4(2)9)12-5(10)11/h1-8H,9H2;2,7H,1H2,(H,10,11). The van der Waals surface area contributed by atoms with Crippen molar-refractivity contribution >= 4 is 18.0 Å². The van der Waals surface area contributed by atoms with Crippen LogP contribution in [0.25, 0.3) is 11.1 Å². The summed E-state index contributed by atoms with van der Waals surface area (Å²) < 4.78 is 0. The van der Waals surface area contributed by atoms with E-state index in [0.29, 0.717) is 0 Å². The molecule has 1 unspecified atom stereocenters. The number of aliphatic hydroxyl groups is 1. The number of aliphatic hydroxyl groups excluding tert-OH is 1. The molecule has 0 saturated carbocycles. The Bertz CT molecular complexity index is 803. The van der Waals surface area contributed by atoms with Gasteiger partial charge >= 0.3 is 6.16 Å². The summed E-state index contributed by atoms with van der Waals surface area (Å²) in [6, 6.07) is 17.3. The third kappa shape index (κ3) is 3.36. The molecule has 128 valence electrons. The Labute approximate surface area is 143 Å². The molecule has 2 N–H and O–H groups in total.